The van der Waals surface area contributed by atoms with Gasteiger partial charge in [0.25, 0.3) is 11.7 Å². The molecule has 0 bridgehead atoms. The van der Waals surface area contributed by atoms with Gasteiger partial charge in [0, 0.05) is 36.2 Å². The molecule has 4 rings (SSSR count). The zero-order valence-electron chi connectivity index (χ0n) is 17.4. The number of fused-ring (bicyclic) bond motifs is 1. The number of nitrogens with zero attached hydrogens (tertiary/aromatic N) is 2. The lowest BCUT2D eigenvalue weighted by Gasteiger charge is -2.29. The SMILES string of the molecule is C[C@@H]1CCCC[C@@H]1NC(=O)C(=O)c1cn(CC(=O)N2CCOCC2)c2ccccc12. The third-order valence-corrected chi connectivity index (χ3v) is 6.34. The Kier molecular flexibility index (Phi) is 6.18. The van der Waals surface area contributed by atoms with Gasteiger partial charge in [0.2, 0.25) is 5.91 Å². The monoisotopic (exact) mass is 411 g/mol. The first-order valence-corrected chi connectivity index (χ1v) is 10.8. The second-order valence-electron chi connectivity index (χ2n) is 8.35. The molecule has 1 aromatic heterocycles. The number of hydrogen-bond donors (Lipinski definition) is 1. The van der Waals surface area contributed by atoms with Crippen molar-refractivity contribution in [2.75, 3.05) is 26.3 Å². The molecule has 1 N–H and O–H groups in total. The zero-order chi connectivity index (χ0) is 21.1. The number of aromatic nitrogens is 1. The number of morpholine rings is 1. The third kappa shape index (κ3) is 4.26. The van der Waals surface area contributed by atoms with Gasteiger partial charge in [-0.3, -0.25) is 14.4 Å². The van der Waals surface area contributed by atoms with Gasteiger partial charge in [-0.05, 0) is 24.8 Å². The molecule has 30 heavy (non-hydrogen) atoms. The summed E-state index contributed by atoms with van der Waals surface area (Å²) < 4.78 is 7.09. The fourth-order valence-corrected chi connectivity index (χ4v) is 4.50. The molecule has 1 aromatic carbocycles. The van der Waals surface area contributed by atoms with Crippen molar-refractivity contribution < 1.29 is 19.1 Å². The molecule has 0 spiro atoms. The van der Waals surface area contributed by atoms with E-state index in [0.717, 1.165) is 24.8 Å². The molecule has 1 aliphatic carbocycles. The van der Waals surface area contributed by atoms with E-state index in [9.17, 15) is 14.4 Å². The van der Waals surface area contributed by atoms with Gasteiger partial charge in [-0.25, -0.2) is 0 Å². The van der Waals surface area contributed by atoms with Crippen LogP contribution in [-0.4, -0.2) is 59.4 Å². The van der Waals surface area contributed by atoms with E-state index in [4.69, 9.17) is 4.74 Å². The second kappa shape index (κ2) is 9.00. The highest BCUT2D eigenvalue weighted by Gasteiger charge is 2.28. The lowest BCUT2D eigenvalue weighted by molar-refractivity contribution is -0.135. The van der Waals surface area contributed by atoms with E-state index < -0.39 is 11.7 Å². The Balaban J connectivity index is 1.54. The molecule has 2 aromatic rings. The van der Waals surface area contributed by atoms with Gasteiger partial charge in [-0.15, -0.1) is 0 Å². The van der Waals surface area contributed by atoms with Crippen molar-refractivity contribution in [2.24, 2.45) is 5.92 Å². The highest BCUT2D eigenvalue weighted by atomic mass is 16.5. The summed E-state index contributed by atoms with van der Waals surface area (Å²) in [7, 11) is 0. The van der Waals surface area contributed by atoms with Crippen molar-refractivity contribution in [2.45, 2.75) is 45.2 Å². The molecule has 160 valence electrons. The molecule has 1 saturated carbocycles. The number of carbonyl (C=O) groups is 3. The topological polar surface area (TPSA) is 80.6 Å². The Labute approximate surface area is 176 Å². The number of carbonyl (C=O) groups excluding carboxylic acids is 3. The van der Waals surface area contributed by atoms with Crippen molar-refractivity contribution in [3.05, 3.63) is 36.0 Å². The maximum atomic E-state index is 13.0. The number of amides is 2. The summed E-state index contributed by atoms with van der Waals surface area (Å²) in [4.78, 5) is 40.2. The number of nitrogens with one attached hydrogen (secondary N) is 1. The lowest BCUT2D eigenvalue weighted by atomic mass is 9.86. The number of ketones is 1. The molecule has 0 unspecified atom stereocenters. The molecule has 1 saturated heterocycles. The van der Waals surface area contributed by atoms with E-state index in [2.05, 4.69) is 12.2 Å². The first-order valence-electron chi connectivity index (χ1n) is 10.8. The van der Waals surface area contributed by atoms with Gasteiger partial charge in [0.15, 0.2) is 0 Å². The summed E-state index contributed by atoms with van der Waals surface area (Å²) in [6, 6.07) is 7.46. The van der Waals surface area contributed by atoms with Crippen LogP contribution in [0.5, 0.6) is 0 Å². The smallest absolute Gasteiger partial charge is 0.292 e. The summed E-state index contributed by atoms with van der Waals surface area (Å²) >= 11 is 0. The van der Waals surface area contributed by atoms with Crippen LogP contribution in [0.25, 0.3) is 10.9 Å². The third-order valence-electron chi connectivity index (χ3n) is 6.34. The van der Waals surface area contributed by atoms with Crippen molar-refractivity contribution in [3.8, 4) is 0 Å². The van der Waals surface area contributed by atoms with Crippen LogP contribution in [0.4, 0.5) is 0 Å². The normalized spacial score (nSPS) is 22.1. The van der Waals surface area contributed by atoms with Crippen LogP contribution >= 0.6 is 0 Å². The molecular formula is C23H29N3O4. The Morgan fingerprint density at radius 3 is 2.60 bits per heavy atom. The molecule has 7 nitrogen and oxygen atoms in total. The standard InChI is InChI=1S/C23H29N3O4/c1-16-6-2-4-8-19(16)24-23(29)22(28)18-14-26(20-9-5-3-7-17(18)20)15-21(27)25-10-12-30-13-11-25/h3,5,7,9,14,16,19H,2,4,6,8,10-13,15H2,1H3,(H,24,29)/t16-,19+/m1/s1. The molecule has 7 heteroatoms. The van der Waals surface area contributed by atoms with Crippen LogP contribution in [0.2, 0.25) is 0 Å². The van der Waals surface area contributed by atoms with Crippen LogP contribution in [0.1, 0.15) is 43.0 Å². The van der Waals surface area contributed by atoms with Gasteiger partial charge >= 0.3 is 0 Å². The molecule has 0 radical (unpaired) electrons. The van der Waals surface area contributed by atoms with Crippen LogP contribution in [0.3, 0.4) is 0 Å². The zero-order valence-corrected chi connectivity index (χ0v) is 17.4. The average Bonchev–Trinajstić information content (AvgIpc) is 3.14. The number of para-hydroxylation sites is 1. The largest absolute Gasteiger partial charge is 0.378 e. The highest BCUT2D eigenvalue weighted by molar-refractivity contribution is 6.45. The Morgan fingerprint density at radius 2 is 1.83 bits per heavy atom. The number of rotatable bonds is 5. The van der Waals surface area contributed by atoms with Gasteiger partial charge in [-0.1, -0.05) is 38.0 Å². The van der Waals surface area contributed by atoms with Gasteiger partial charge in [0.1, 0.15) is 6.54 Å². The second-order valence-corrected chi connectivity index (χ2v) is 8.35. The van der Waals surface area contributed by atoms with E-state index >= 15 is 0 Å². The van der Waals surface area contributed by atoms with Gasteiger partial charge in [-0.2, -0.15) is 0 Å². The van der Waals surface area contributed by atoms with E-state index in [-0.39, 0.29) is 18.5 Å². The lowest BCUT2D eigenvalue weighted by Crippen LogP contribution is -2.44. The van der Waals surface area contributed by atoms with Crippen LogP contribution in [0, 0.1) is 5.92 Å². The minimum absolute atomic E-state index is 0.0152. The number of benzene rings is 1. The van der Waals surface area contributed by atoms with Crippen molar-refractivity contribution in [1.82, 2.24) is 14.8 Å². The summed E-state index contributed by atoms with van der Waals surface area (Å²) in [5.74, 6) is -0.737. The fraction of sp³-hybridized carbons (Fsp3) is 0.522. The first kappa shape index (κ1) is 20.6. The molecular weight excluding hydrogens is 382 g/mol. The fourth-order valence-electron chi connectivity index (χ4n) is 4.50. The van der Waals surface area contributed by atoms with Crippen LogP contribution in [-0.2, 0) is 20.9 Å². The Hall–Kier alpha value is -2.67. The average molecular weight is 412 g/mol. The van der Waals surface area contributed by atoms with Crippen LogP contribution in [0.15, 0.2) is 30.5 Å². The Bertz CT molecular complexity index is 945. The Morgan fingerprint density at radius 1 is 1.10 bits per heavy atom. The predicted octanol–water partition coefficient (Wildman–Crippen LogP) is 2.38. The molecule has 2 atom stereocenters. The minimum atomic E-state index is -0.559. The molecule has 1 aliphatic heterocycles. The van der Waals surface area contributed by atoms with E-state index in [1.165, 1.54) is 6.42 Å². The first-order chi connectivity index (χ1) is 14.5. The summed E-state index contributed by atoms with van der Waals surface area (Å²) in [6.07, 6.45) is 5.88. The summed E-state index contributed by atoms with van der Waals surface area (Å²) in [5.41, 5.74) is 1.13. The quantitative estimate of drug-likeness (QED) is 0.605. The maximum Gasteiger partial charge on any atom is 0.292 e. The molecule has 2 aliphatic rings. The molecule has 2 amide bonds. The number of ether oxygens (including phenoxy) is 1. The number of Topliss-reactive ketones (excluding diaryl/α,β-unsaturated/α-hetero) is 1. The van der Waals surface area contributed by atoms with E-state index in [0.29, 0.717) is 43.2 Å². The minimum Gasteiger partial charge on any atom is -0.378 e. The van der Waals surface area contributed by atoms with Crippen molar-refractivity contribution >= 4 is 28.5 Å². The highest BCUT2D eigenvalue weighted by Crippen LogP contribution is 2.25. The van der Waals surface area contributed by atoms with Crippen molar-refractivity contribution in [1.29, 1.82) is 0 Å². The molecule has 2 heterocycles. The van der Waals surface area contributed by atoms with Gasteiger partial charge < -0.3 is 19.5 Å². The van der Waals surface area contributed by atoms with Crippen LogP contribution < -0.4 is 5.32 Å². The predicted molar refractivity (Wildman–Crippen MR) is 113 cm³/mol. The summed E-state index contributed by atoms with van der Waals surface area (Å²) in [5, 5.41) is 3.64. The maximum absolute atomic E-state index is 13.0. The summed E-state index contributed by atoms with van der Waals surface area (Å²) in [6.45, 7) is 4.49. The van der Waals surface area contributed by atoms with E-state index in [1.54, 1.807) is 15.7 Å². The van der Waals surface area contributed by atoms with Crippen molar-refractivity contribution in [3.63, 3.8) is 0 Å². The van der Waals surface area contributed by atoms with Gasteiger partial charge in [0.05, 0.1) is 18.8 Å². The molecule has 2 fully saturated rings. The number of hydrogen-bond acceptors (Lipinski definition) is 4. The van der Waals surface area contributed by atoms with E-state index in [1.807, 2.05) is 24.3 Å².